The van der Waals surface area contributed by atoms with E-state index in [-0.39, 0.29) is 17.9 Å². The number of hydrogen-bond donors (Lipinski definition) is 2. The minimum Gasteiger partial charge on any atom is -0.477 e. The molecule has 9 heteroatoms. The monoisotopic (exact) mass is 290 g/mol. The van der Waals surface area contributed by atoms with E-state index in [0.717, 1.165) is 25.2 Å². The van der Waals surface area contributed by atoms with Crippen molar-refractivity contribution < 1.29 is 14.7 Å². The summed E-state index contributed by atoms with van der Waals surface area (Å²) in [5.41, 5.74) is -0.315. The van der Waals surface area contributed by atoms with E-state index in [1.54, 1.807) is 7.05 Å². The Hall–Kier alpha value is -2.71. The molecule has 0 bridgehead atoms. The van der Waals surface area contributed by atoms with Crippen molar-refractivity contribution in [2.75, 3.05) is 7.05 Å². The molecule has 0 unspecified atom stereocenters. The van der Waals surface area contributed by atoms with Gasteiger partial charge < -0.3 is 19.6 Å². The first-order chi connectivity index (χ1) is 10.1. The molecule has 21 heavy (non-hydrogen) atoms. The number of fused-ring (bicyclic) bond motifs is 1. The number of aromatic nitrogens is 5. The fraction of sp³-hybridized carbons (Fsp3) is 0.417. The summed E-state index contributed by atoms with van der Waals surface area (Å²) in [7, 11) is 1.58. The van der Waals surface area contributed by atoms with E-state index in [1.807, 2.05) is 4.57 Å². The Labute approximate surface area is 119 Å². The third kappa shape index (κ3) is 2.26. The van der Waals surface area contributed by atoms with Crippen molar-refractivity contribution in [1.29, 1.82) is 0 Å². The first-order valence-electron chi connectivity index (χ1n) is 6.51. The molecule has 0 radical (unpaired) electrons. The van der Waals surface area contributed by atoms with E-state index in [2.05, 4.69) is 20.2 Å². The smallest absolute Gasteiger partial charge is 0.354 e. The zero-order chi connectivity index (χ0) is 15.0. The van der Waals surface area contributed by atoms with Gasteiger partial charge in [-0.05, 0) is 6.42 Å². The quantitative estimate of drug-likeness (QED) is 0.813. The molecule has 0 aromatic carbocycles. The maximum Gasteiger partial charge on any atom is 0.354 e. The van der Waals surface area contributed by atoms with Crippen LogP contribution in [0.4, 0.5) is 0 Å². The van der Waals surface area contributed by atoms with Crippen molar-refractivity contribution in [3.8, 4) is 0 Å². The van der Waals surface area contributed by atoms with Gasteiger partial charge in [-0.25, -0.2) is 9.78 Å². The van der Waals surface area contributed by atoms with E-state index >= 15 is 0 Å². The average molecular weight is 290 g/mol. The Kier molecular flexibility index (Phi) is 3.16. The number of H-pyrrole nitrogens is 1. The molecule has 0 atom stereocenters. The zero-order valence-electron chi connectivity index (χ0n) is 11.4. The van der Waals surface area contributed by atoms with Gasteiger partial charge in [-0.2, -0.15) is 0 Å². The zero-order valence-corrected chi connectivity index (χ0v) is 11.4. The molecule has 3 heterocycles. The lowest BCUT2D eigenvalue weighted by Gasteiger charge is -2.15. The molecule has 0 saturated heterocycles. The lowest BCUT2D eigenvalue weighted by atomic mass is 10.3. The van der Waals surface area contributed by atoms with Gasteiger partial charge >= 0.3 is 5.97 Å². The largest absolute Gasteiger partial charge is 0.477 e. The summed E-state index contributed by atoms with van der Waals surface area (Å²) in [4.78, 5) is 30.9. The molecule has 3 rings (SSSR count). The molecule has 0 fully saturated rings. The Morgan fingerprint density at radius 1 is 1.48 bits per heavy atom. The fourth-order valence-electron chi connectivity index (χ4n) is 2.41. The number of carbonyl (C=O) groups is 2. The lowest BCUT2D eigenvalue weighted by molar-refractivity contribution is 0.0673. The summed E-state index contributed by atoms with van der Waals surface area (Å²) in [5.74, 6) is -0.0563. The van der Waals surface area contributed by atoms with Crippen molar-refractivity contribution in [3.05, 3.63) is 29.4 Å². The summed E-state index contributed by atoms with van der Waals surface area (Å²) >= 11 is 0. The number of carboxylic acids is 1. The average Bonchev–Trinajstić information content (AvgIpc) is 3.14. The first-order valence-corrected chi connectivity index (χ1v) is 6.51. The van der Waals surface area contributed by atoms with E-state index in [9.17, 15) is 9.59 Å². The number of carbonyl (C=O) groups excluding carboxylic acids is 1. The summed E-state index contributed by atoms with van der Waals surface area (Å²) in [6.45, 7) is 1.11. The first kappa shape index (κ1) is 13.3. The second kappa shape index (κ2) is 5.00. The minimum absolute atomic E-state index is 0.105. The summed E-state index contributed by atoms with van der Waals surface area (Å²) in [5, 5.41) is 17.2. The maximum absolute atomic E-state index is 12.3. The molecule has 2 aromatic heterocycles. The van der Waals surface area contributed by atoms with Crippen LogP contribution < -0.4 is 0 Å². The van der Waals surface area contributed by atoms with Crippen LogP contribution in [0.2, 0.25) is 0 Å². The molecular formula is C12H14N6O3. The third-order valence-electron chi connectivity index (χ3n) is 3.47. The summed E-state index contributed by atoms with van der Waals surface area (Å²) in [6, 6.07) is 0. The predicted molar refractivity (Wildman–Crippen MR) is 69.7 cm³/mol. The highest BCUT2D eigenvalue weighted by molar-refractivity contribution is 6.02. The van der Waals surface area contributed by atoms with Gasteiger partial charge in [-0.3, -0.25) is 4.79 Å². The summed E-state index contributed by atoms with van der Waals surface area (Å²) in [6.07, 6.45) is 3.12. The van der Waals surface area contributed by atoms with Crippen LogP contribution in [0.25, 0.3) is 0 Å². The van der Waals surface area contributed by atoms with Gasteiger partial charge in [0, 0.05) is 20.0 Å². The van der Waals surface area contributed by atoms with Gasteiger partial charge in [-0.15, -0.1) is 10.2 Å². The van der Waals surface area contributed by atoms with Gasteiger partial charge in [0.2, 0.25) is 0 Å². The Morgan fingerprint density at radius 3 is 3.05 bits per heavy atom. The van der Waals surface area contributed by atoms with Gasteiger partial charge in [0.1, 0.15) is 5.82 Å². The number of hydrogen-bond acceptors (Lipinski definition) is 5. The highest BCUT2D eigenvalue weighted by atomic mass is 16.4. The molecule has 0 spiro atoms. The van der Waals surface area contributed by atoms with Crippen LogP contribution in [0.1, 0.15) is 39.0 Å². The van der Waals surface area contributed by atoms with Crippen LogP contribution in [0.5, 0.6) is 0 Å². The second-order valence-electron chi connectivity index (χ2n) is 4.88. The van der Waals surface area contributed by atoms with Gasteiger partial charge in [0.15, 0.2) is 17.2 Å². The third-order valence-corrected chi connectivity index (χ3v) is 3.47. The van der Waals surface area contributed by atoms with E-state index in [0.29, 0.717) is 5.82 Å². The SMILES string of the molecule is CN(Cc1nnc2n1CCC2)C(=O)c1nc[nH]c1C(=O)O. The van der Waals surface area contributed by atoms with Crippen LogP contribution in [0, 0.1) is 0 Å². The van der Waals surface area contributed by atoms with Crippen LogP contribution in [0.15, 0.2) is 6.33 Å². The van der Waals surface area contributed by atoms with Crippen LogP contribution >= 0.6 is 0 Å². The number of aromatic amines is 1. The maximum atomic E-state index is 12.3. The molecule has 0 aliphatic carbocycles. The number of nitrogens with zero attached hydrogens (tertiary/aromatic N) is 5. The number of carboxylic acid groups (broad SMARTS) is 1. The van der Waals surface area contributed by atoms with Gasteiger partial charge in [-0.1, -0.05) is 0 Å². The lowest BCUT2D eigenvalue weighted by Crippen LogP contribution is -2.29. The highest BCUT2D eigenvalue weighted by Crippen LogP contribution is 2.16. The molecule has 2 aromatic rings. The minimum atomic E-state index is -1.22. The molecular weight excluding hydrogens is 276 g/mol. The topological polar surface area (TPSA) is 117 Å². The second-order valence-corrected chi connectivity index (χ2v) is 4.88. The van der Waals surface area contributed by atoms with E-state index in [4.69, 9.17) is 5.11 Å². The molecule has 110 valence electrons. The highest BCUT2D eigenvalue weighted by Gasteiger charge is 2.25. The molecule has 1 aliphatic rings. The van der Waals surface area contributed by atoms with Crippen molar-refractivity contribution in [1.82, 2.24) is 29.6 Å². The fourth-order valence-corrected chi connectivity index (χ4v) is 2.41. The van der Waals surface area contributed by atoms with E-state index in [1.165, 1.54) is 11.2 Å². The molecule has 1 amide bonds. The number of rotatable bonds is 4. The number of aryl methyl sites for hydroxylation is 1. The van der Waals surface area contributed by atoms with Crippen molar-refractivity contribution in [2.45, 2.75) is 25.9 Å². The van der Waals surface area contributed by atoms with Gasteiger partial charge in [0.25, 0.3) is 5.91 Å². The number of nitrogens with one attached hydrogen (secondary N) is 1. The van der Waals surface area contributed by atoms with Gasteiger partial charge in [0.05, 0.1) is 12.9 Å². The van der Waals surface area contributed by atoms with E-state index < -0.39 is 11.9 Å². The number of aromatic carboxylic acids is 1. The Morgan fingerprint density at radius 2 is 2.29 bits per heavy atom. The normalized spacial score (nSPS) is 13.2. The molecule has 9 nitrogen and oxygen atoms in total. The molecule has 0 saturated carbocycles. The standard InChI is InChI=1S/C12H14N6O3/c1-17(5-8-16-15-7-3-2-4-18(7)8)11(19)9-10(12(20)21)14-6-13-9/h6H,2-5H2,1H3,(H,13,14)(H,20,21). The van der Waals surface area contributed by atoms with Crippen LogP contribution in [-0.4, -0.2) is 53.7 Å². The van der Waals surface area contributed by atoms with Crippen LogP contribution in [0.3, 0.4) is 0 Å². The number of imidazole rings is 1. The Bertz CT molecular complexity index is 704. The van der Waals surface area contributed by atoms with Crippen molar-refractivity contribution in [2.24, 2.45) is 0 Å². The van der Waals surface area contributed by atoms with Crippen molar-refractivity contribution in [3.63, 3.8) is 0 Å². The Balaban J connectivity index is 1.78. The number of amides is 1. The molecule has 1 aliphatic heterocycles. The summed E-state index contributed by atoms with van der Waals surface area (Å²) < 4.78 is 1.99. The van der Waals surface area contributed by atoms with Crippen molar-refractivity contribution >= 4 is 11.9 Å². The molecule has 2 N–H and O–H groups in total. The predicted octanol–water partition coefficient (Wildman–Crippen LogP) is -0.0822. The van der Waals surface area contributed by atoms with Crippen LogP contribution in [-0.2, 0) is 19.5 Å².